The lowest BCUT2D eigenvalue weighted by atomic mass is 10.1. The van der Waals surface area contributed by atoms with Gasteiger partial charge in [0.05, 0.1) is 7.11 Å². The molecule has 3 aromatic rings. The predicted molar refractivity (Wildman–Crippen MR) is 105 cm³/mol. The van der Waals surface area contributed by atoms with Gasteiger partial charge in [0.2, 0.25) is 11.0 Å². The van der Waals surface area contributed by atoms with E-state index in [1.54, 1.807) is 31.2 Å². The van der Waals surface area contributed by atoms with Crippen molar-refractivity contribution in [2.75, 3.05) is 19.1 Å². The number of halogens is 1. The van der Waals surface area contributed by atoms with E-state index in [2.05, 4.69) is 10.2 Å². The fourth-order valence-corrected chi connectivity index (χ4v) is 3.44. The standard InChI is InChI=1S/C19H18ClN3O2S/c1-23(17(24)12-9-13-5-3-4-6-16(13)25-2)19-22-21-18(26-19)14-7-10-15(20)11-8-14/h3-8,10-11H,9,12H2,1-2H3. The molecule has 26 heavy (non-hydrogen) atoms. The van der Waals surface area contributed by atoms with Gasteiger partial charge < -0.3 is 4.74 Å². The van der Waals surface area contributed by atoms with Crippen LogP contribution in [0.25, 0.3) is 10.6 Å². The van der Waals surface area contributed by atoms with Crippen LogP contribution < -0.4 is 9.64 Å². The first kappa shape index (κ1) is 18.4. The van der Waals surface area contributed by atoms with Crippen molar-refractivity contribution in [1.29, 1.82) is 0 Å². The molecule has 2 aromatic carbocycles. The molecule has 0 N–H and O–H groups in total. The zero-order valence-electron chi connectivity index (χ0n) is 14.5. The van der Waals surface area contributed by atoms with E-state index < -0.39 is 0 Å². The van der Waals surface area contributed by atoms with Crippen LogP contribution in [-0.4, -0.2) is 30.3 Å². The first-order valence-electron chi connectivity index (χ1n) is 8.06. The Morgan fingerprint density at radius 1 is 1.15 bits per heavy atom. The van der Waals surface area contributed by atoms with Gasteiger partial charge in [-0.25, -0.2) is 0 Å². The van der Waals surface area contributed by atoms with Gasteiger partial charge in [0.1, 0.15) is 10.8 Å². The summed E-state index contributed by atoms with van der Waals surface area (Å²) in [6.07, 6.45) is 0.975. The highest BCUT2D eigenvalue weighted by Crippen LogP contribution is 2.29. The summed E-state index contributed by atoms with van der Waals surface area (Å²) in [4.78, 5) is 14.1. The van der Waals surface area contributed by atoms with Gasteiger partial charge in [0.25, 0.3) is 0 Å². The molecule has 1 aromatic heterocycles. The van der Waals surface area contributed by atoms with E-state index in [0.29, 0.717) is 23.0 Å². The Balaban J connectivity index is 1.66. The molecule has 0 atom stereocenters. The number of aryl methyl sites for hydroxylation is 1. The Labute approximate surface area is 161 Å². The van der Waals surface area contributed by atoms with Crippen LogP contribution in [0.1, 0.15) is 12.0 Å². The summed E-state index contributed by atoms with van der Waals surface area (Å²) in [7, 11) is 3.35. The Kier molecular flexibility index (Phi) is 5.85. The highest BCUT2D eigenvalue weighted by atomic mass is 35.5. The van der Waals surface area contributed by atoms with E-state index in [1.807, 2.05) is 36.4 Å². The number of para-hydroxylation sites is 1. The number of aromatic nitrogens is 2. The van der Waals surface area contributed by atoms with Crippen LogP contribution in [0, 0.1) is 0 Å². The highest BCUT2D eigenvalue weighted by molar-refractivity contribution is 7.18. The maximum Gasteiger partial charge on any atom is 0.228 e. The maximum absolute atomic E-state index is 12.5. The number of methoxy groups -OCH3 is 1. The number of amides is 1. The first-order chi connectivity index (χ1) is 12.6. The molecule has 0 aliphatic carbocycles. The van der Waals surface area contributed by atoms with E-state index in [-0.39, 0.29) is 5.91 Å². The number of anilines is 1. The van der Waals surface area contributed by atoms with Gasteiger partial charge in [0.15, 0.2) is 0 Å². The number of carbonyl (C=O) groups is 1. The number of nitrogens with zero attached hydrogens (tertiary/aromatic N) is 3. The highest BCUT2D eigenvalue weighted by Gasteiger charge is 2.17. The number of ether oxygens (including phenoxy) is 1. The fraction of sp³-hybridized carbons (Fsp3) is 0.211. The van der Waals surface area contributed by atoms with Gasteiger partial charge in [-0.2, -0.15) is 0 Å². The molecule has 0 radical (unpaired) electrons. The third-order valence-corrected chi connectivity index (χ3v) is 5.27. The zero-order chi connectivity index (χ0) is 18.5. The van der Waals surface area contributed by atoms with Crippen molar-refractivity contribution in [3.05, 3.63) is 59.1 Å². The van der Waals surface area contributed by atoms with Gasteiger partial charge in [-0.1, -0.05) is 53.3 Å². The fourth-order valence-electron chi connectivity index (χ4n) is 2.49. The van der Waals surface area contributed by atoms with Crippen LogP contribution in [0.4, 0.5) is 5.13 Å². The lowest BCUT2D eigenvalue weighted by molar-refractivity contribution is -0.118. The van der Waals surface area contributed by atoms with Crippen LogP contribution >= 0.6 is 22.9 Å². The molecular weight excluding hydrogens is 370 g/mol. The van der Waals surface area contributed by atoms with Gasteiger partial charge in [-0.15, -0.1) is 10.2 Å². The molecule has 0 unspecified atom stereocenters. The molecule has 0 saturated heterocycles. The van der Waals surface area contributed by atoms with Crippen molar-refractivity contribution < 1.29 is 9.53 Å². The predicted octanol–water partition coefficient (Wildman–Crippen LogP) is 4.46. The minimum Gasteiger partial charge on any atom is -0.496 e. The van der Waals surface area contributed by atoms with E-state index in [9.17, 15) is 4.79 Å². The monoisotopic (exact) mass is 387 g/mol. The van der Waals surface area contributed by atoms with E-state index in [4.69, 9.17) is 16.3 Å². The Morgan fingerprint density at radius 3 is 2.62 bits per heavy atom. The topological polar surface area (TPSA) is 55.3 Å². The average Bonchev–Trinajstić information content (AvgIpc) is 3.16. The summed E-state index contributed by atoms with van der Waals surface area (Å²) in [6, 6.07) is 15.1. The molecule has 1 amide bonds. The number of hydrogen-bond acceptors (Lipinski definition) is 5. The second-order valence-electron chi connectivity index (χ2n) is 5.66. The summed E-state index contributed by atoms with van der Waals surface area (Å²) in [5, 5.41) is 10.3. The molecule has 0 bridgehead atoms. The molecule has 0 saturated carbocycles. The van der Waals surface area contributed by atoms with Crippen LogP contribution in [0.2, 0.25) is 5.02 Å². The summed E-state index contributed by atoms with van der Waals surface area (Å²) in [5.74, 6) is 0.776. The second-order valence-corrected chi connectivity index (χ2v) is 7.05. The molecule has 134 valence electrons. The summed E-state index contributed by atoms with van der Waals surface area (Å²) in [6.45, 7) is 0. The zero-order valence-corrected chi connectivity index (χ0v) is 16.0. The first-order valence-corrected chi connectivity index (χ1v) is 9.26. The quantitative estimate of drug-likeness (QED) is 0.626. The number of benzene rings is 2. The Hall–Kier alpha value is -2.44. The maximum atomic E-state index is 12.5. The largest absolute Gasteiger partial charge is 0.496 e. The summed E-state index contributed by atoms with van der Waals surface area (Å²) < 4.78 is 5.33. The Morgan fingerprint density at radius 2 is 1.88 bits per heavy atom. The molecule has 5 nitrogen and oxygen atoms in total. The summed E-state index contributed by atoms with van der Waals surface area (Å²) in [5.41, 5.74) is 1.93. The van der Waals surface area contributed by atoms with Crippen molar-refractivity contribution in [2.24, 2.45) is 0 Å². The lowest BCUT2D eigenvalue weighted by Gasteiger charge is -2.13. The van der Waals surface area contributed by atoms with Gasteiger partial charge in [-0.05, 0) is 30.2 Å². The van der Waals surface area contributed by atoms with Crippen LogP contribution in [0.3, 0.4) is 0 Å². The average molecular weight is 388 g/mol. The lowest BCUT2D eigenvalue weighted by Crippen LogP contribution is -2.26. The third-order valence-electron chi connectivity index (χ3n) is 3.97. The number of rotatable bonds is 6. The molecule has 0 fully saturated rings. The van der Waals surface area contributed by atoms with E-state index in [1.165, 1.54) is 11.3 Å². The van der Waals surface area contributed by atoms with Gasteiger partial charge in [-0.3, -0.25) is 9.69 Å². The molecule has 0 aliphatic heterocycles. The number of carbonyl (C=O) groups excluding carboxylic acids is 1. The summed E-state index contributed by atoms with van der Waals surface area (Å²) >= 11 is 7.28. The number of hydrogen-bond donors (Lipinski definition) is 0. The van der Waals surface area contributed by atoms with Crippen molar-refractivity contribution in [3.8, 4) is 16.3 Å². The molecule has 7 heteroatoms. The van der Waals surface area contributed by atoms with Gasteiger partial charge >= 0.3 is 0 Å². The molecular formula is C19H18ClN3O2S. The molecule has 1 heterocycles. The van der Waals surface area contributed by atoms with Crippen molar-refractivity contribution in [1.82, 2.24) is 10.2 Å². The van der Waals surface area contributed by atoms with E-state index in [0.717, 1.165) is 21.9 Å². The minimum atomic E-state index is -0.0188. The van der Waals surface area contributed by atoms with Crippen molar-refractivity contribution >= 4 is 34.0 Å². The molecule has 3 rings (SSSR count). The smallest absolute Gasteiger partial charge is 0.228 e. The van der Waals surface area contributed by atoms with Crippen molar-refractivity contribution in [2.45, 2.75) is 12.8 Å². The third kappa shape index (κ3) is 4.20. The van der Waals surface area contributed by atoms with Crippen LogP contribution in [-0.2, 0) is 11.2 Å². The van der Waals surface area contributed by atoms with Crippen LogP contribution in [0.5, 0.6) is 5.75 Å². The second kappa shape index (κ2) is 8.29. The van der Waals surface area contributed by atoms with Crippen LogP contribution in [0.15, 0.2) is 48.5 Å². The minimum absolute atomic E-state index is 0.0188. The SMILES string of the molecule is COc1ccccc1CCC(=O)N(C)c1nnc(-c2ccc(Cl)cc2)s1. The van der Waals surface area contributed by atoms with Gasteiger partial charge in [0, 0.05) is 24.1 Å². The Bertz CT molecular complexity index is 896. The van der Waals surface area contributed by atoms with E-state index >= 15 is 0 Å². The van der Waals surface area contributed by atoms with Crippen molar-refractivity contribution in [3.63, 3.8) is 0 Å². The normalized spacial score (nSPS) is 10.6. The molecule has 0 aliphatic rings. The molecule has 0 spiro atoms.